The van der Waals surface area contributed by atoms with E-state index < -0.39 is 10.0 Å². The maximum absolute atomic E-state index is 11.5. The molecule has 0 amide bonds. The van der Waals surface area contributed by atoms with Crippen LogP contribution in [0.5, 0.6) is 0 Å². The van der Waals surface area contributed by atoms with Crippen LogP contribution < -0.4 is 15.4 Å². The van der Waals surface area contributed by atoms with Crippen molar-refractivity contribution in [2.45, 2.75) is 58.4 Å². The highest BCUT2D eigenvalue weighted by molar-refractivity contribution is 7.92. The molecule has 0 heterocycles. The Balaban J connectivity index is 1.87. The highest BCUT2D eigenvalue weighted by atomic mass is 32.2. The number of benzene rings is 1. The Hall–Kier alpha value is -1.76. The van der Waals surface area contributed by atoms with E-state index in [9.17, 15) is 8.42 Å². The van der Waals surface area contributed by atoms with Crippen LogP contribution in [-0.2, 0) is 16.6 Å². The topological polar surface area (TPSA) is 82.6 Å². The van der Waals surface area contributed by atoms with Gasteiger partial charge in [0.2, 0.25) is 10.0 Å². The first-order valence-corrected chi connectivity index (χ1v) is 11.9. The van der Waals surface area contributed by atoms with Gasteiger partial charge in [0.25, 0.3) is 0 Å². The van der Waals surface area contributed by atoms with Gasteiger partial charge in [-0.1, -0.05) is 50.3 Å². The van der Waals surface area contributed by atoms with E-state index in [1.807, 2.05) is 25.1 Å². The van der Waals surface area contributed by atoms with E-state index in [0.29, 0.717) is 12.2 Å². The zero-order valence-corrected chi connectivity index (χ0v) is 17.4. The number of aliphatic imine (C=N–C) groups is 1. The van der Waals surface area contributed by atoms with Crippen LogP contribution >= 0.6 is 0 Å². The SMILES string of the molecule is CCNC(=NCc1ccccc1NS(C)(=O)=O)NCCCC1CCCCC1. The van der Waals surface area contributed by atoms with E-state index in [4.69, 9.17) is 0 Å². The van der Waals surface area contributed by atoms with Gasteiger partial charge in [-0.3, -0.25) is 4.72 Å². The lowest BCUT2D eigenvalue weighted by Crippen LogP contribution is -2.37. The molecule has 0 radical (unpaired) electrons. The van der Waals surface area contributed by atoms with E-state index in [1.54, 1.807) is 6.07 Å². The first-order chi connectivity index (χ1) is 13.0. The van der Waals surface area contributed by atoms with Crippen LogP contribution in [0.25, 0.3) is 0 Å². The van der Waals surface area contributed by atoms with E-state index in [-0.39, 0.29) is 0 Å². The Morgan fingerprint density at radius 2 is 1.89 bits per heavy atom. The number of hydrogen-bond acceptors (Lipinski definition) is 3. The number of anilines is 1. The van der Waals surface area contributed by atoms with Gasteiger partial charge in [0, 0.05) is 13.1 Å². The quantitative estimate of drug-likeness (QED) is 0.340. The fourth-order valence-electron chi connectivity index (χ4n) is 3.54. The molecule has 0 bridgehead atoms. The first-order valence-electron chi connectivity index (χ1n) is 10.1. The van der Waals surface area contributed by atoms with Crippen molar-refractivity contribution in [2.24, 2.45) is 10.9 Å². The molecule has 152 valence electrons. The van der Waals surface area contributed by atoms with Crippen molar-refractivity contribution in [3.8, 4) is 0 Å². The van der Waals surface area contributed by atoms with Gasteiger partial charge in [0.1, 0.15) is 0 Å². The number of guanidine groups is 1. The summed E-state index contributed by atoms with van der Waals surface area (Å²) < 4.78 is 25.6. The van der Waals surface area contributed by atoms with Gasteiger partial charge in [-0.15, -0.1) is 0 Å². The molecule has 1 aromatic carbocycles. The zero-order valence-electron chi connectivity index (χ0n) is 16.6. The number of hydrogen-bond donors (Lipinski definition) is 3. The molecule has 0 saturated heterocycles. The third-order valence-electron chi connectivity index (χ3n) is 4.87. The molecule has 0 atom stereocenters. The van der Waals surface area contributed by atoms with Gasteiger partial charge in [-0.05, 0) is 37.3 Å². The predicted molar refractivity (Wildman–Crippen MR) is 114 cm³/mol. The largest absolute Gasteiger partial charge is 0.357 e. The smallest absolute Gasteiger partial charge is 0.229 e. The standard InChI is InChI=1S/C20H34N4O2S/c1-3-21-20(22-15-9-12-17-10-5-4-6-11-17)23-16-18-13-7-8-14-19(18)24-27(2,25)26/h7-8,13-14,17,24H,3-6,9-12,15-16H2,1-2H3,(H2,21,22,23). The van der Waals surface area contributed by atoms with E-state index in [1.165, 1.54) is 38.5 Å². The summed E-state index contributed by atoms with van der Waals surface area (Å²) in [6.45, 7) is 4.15. The second-order valence-electron chi connectivity index (χ2n) is 7.30. The van der Waals surface area contributed by atoms with Crippen molar-refractivity contribution in [1.82, 2.24) is 10.6 Å². The van der Waals surface area contributed by atoms with Gasteiger partial charge < -0.3 is 10.6 Å². The summed E-state index contributed by atoms with van der Waals surface area (Å²) in [6, 6.07) is 7.36. The fraction of sp³-hybridized carbons (Fsp3) is 0.650. The van der Waals surface area contributed by atoms with Crippen LogP contribution in [0.3, 0.4) is 0 Å². The lowest BCUT2D eigenvalue weighted by molar-refractivity contribution is 0.332. The molecule has 3 N–H and O–H groups in total. The average molecular weight is 395 g/mol. The van der Waals surface area contributed by atoms with Crippen LogP contribution in [0.1, 0.15) is 57.4 Å². The molecule has 6 nitrogen and oxygen atoms in total. The highest BCUT2D eigenvalue weighted by Crippen LogP contribution is 2.26. The Kier molecular flexibility index (Phi) is 8.91. The van der Waals surface area contributed by atoms with Gasteiger partial charge in [0.15, 0.2) is 5.96 Å². The van der Waals surface area contributed by atoms with E-state index in [2.05, 4.69) is 20.3 Å². The summed E-state index contributed by atoms with van der Waals surface area (Å²) in [6.07, 6.45) is 10.6. The van der Waals surface area contributed by atoms with Gasteiger partial charge in [-0.25, -0.2) is 13.4 Å². The first kappa shape index (κ1) is 21.5. The maximum Gasteiger partial charge on any atom is 0.229 e. The molecule has 0 aliphatic heterocycles. The molecule has 1 aliphatic carbocycles. The van der Waals surface area contributed by atoms with Crippen LogP contribution in [0.4, 0.5) is 5.69 Å². The Bertz CT molecular complexity index is 698. The summed E-state index contributed by atoms with van der Waals surface area (Å²) in [5.74, 6) is 1.67. The van der Waals surface area contributed by atoms with Crippen molar-refractivity contribution < 1.29 is 8.42 Å². The summed E-state index contributed by atoms with van der Waals surface area (Å²) in [5, 5.41) is 6.66. The normalized spacial score (nSPS) is 16.1. The summed E-state index contributed by atoms with van der Waals surface area (Å²) in [4.78, 5) is 4.62. The summed E-state index contributed by atoms with van der Waals surface area (Å²) >= 11 is 0. The molecule has 1 saturated carbocycles. The Morgan fingerprint density at radius 3 is 2.59 bits per heavy atom. The van der Waals surface area contributed by atoms with Crippen LogP contribution in [0, 0.1) is 5.92 Å². The third-order valence-corrected chi connectivity index (χ3v) is 5.46. The van der Waals surface area contributed by atoms with Crippen molar-refractivity contribution in [2.75, 3.05) is 24.1 Å². The summed E-state index contributed by atoms with van der Waals surface area (Å²) in [5.41, 5.74) is 1.43. The summed E-state index contributed by atoms with van der Waals surface area (Å²) in [7, 11) is -3.31. The minimum atomic E-state index is -3.31. The van der Waals surface area contributed by atoms with Crippen LogP contribution in [0.15, 0.2) is 29.3 Å². The van der Waals surface area contributed by atoms with Gasteiger partial charge >= 0.3 is 0 Å². The molecule has 1 aromatic rings. The molecule has 1 aliphatic rings. The third kappa shape index (κ3) is 8.65. The molecular weight excluding hydrogens is 360 g/mol. The molecule has 1 fully saturated rings. The number of para-hydroxylation sites is 1. The predicted octanol–water partition coefficient (Wildman–Crippen LogP) is 3.47. The van der Waals surface area contributed by atoms with Crippen molar-refractivity contribution in [1.29, 1.82) is 0 Å². The van der Waals surface area contributed by atoms with Gasteiger partial charge in [0.05, 0.1) is 18.5 Å². The molecule has 27 heavy (non-hydrogen) atoms. The van der Waals surface area contributed by atoms with E-state index in [0.717, 1.165) is 43.2 Å². The maximum atomic E-state index is 11.5. The van der Waals surface area contributed by atoms with Gasteiger partial charge in [-0.2, -0.15) is 0 Å². The molecular formula is C20H34N4O2S. The van der Waals surface area contributed by atoms with Crippen molar-refractivity contribution in [3.63, 3.8) is 0 Å². The molecule has 0 spiro atoms. The zero-order chi connectivity index (χ0) is 19.5. The molecule has 0 unspecified atom stereocenters. The molecule has 7 heteroatoms. The number of sulfonamides is 1. The Labute approximate surface area is 164 Å². The average Bonchev–Trinajstić information content (AvgIpc) is 2.64. The molecule has 2 rings (SSSR count). The molecule has 0 aromatic heterocycles. The van der Waals surface area contributed by atoms with Crippen molar-refractivity contribution in [3.05, 3.63) is 29.8 Å². The lowest BCUT2D eigenvalue weighted by Gasteiger charge is -2.21. The van der Waals surface area contributed by atoms with Crippen LogP contribution in [0.2, 0.25) is 0 Å². The monoisotopic (exact) mass is 394 g/mol. The van der Waals surface area contributed by atoms with Crippen molar-refractivity contribution >= 4 is 21.7 Å². The second kappa shape index (κ2) is 11.2. The lowest BCUT2D eigenvalue weighted by atomic mass is 9.86. The highest BCUT2D eigenvalue weighted by Gasteiger charge is 2.12. The van der Waals surface area contributed by atoms with Crippen LogP contribution in [-0.4, -0.2) is 33.7 Å². The number of rotatable bonds is 9. The number of nitrogens with one attached hydrogen (secondary N) is 3. The minimum absolute atomic E-state index is 0.413. The van der Waals surface area contributed by atoms with E-state index >= 15 is 0 Å². The second-order valence-corrected chi connectivity index (χ2v) is 9.05. The Morgan fingerprint density at radius 1 is 1.15 bits per heavy atom. The fourth-order valence-corrected chi connectivity index (χ4v) is 4.14. The minimum Gasteiger partial charge on any atom is -0.357 e. The number of nitrogens with zero attached hydrogens (tertiary/aromatic N) is 1.